The molecule has 0 aromatic carbocycles. The Morgan fingerprint density at radius 3 is 2.83 bits per heavy atom. The smallest absolute Gasteiger partial charge is 0.322 e. The first-order valence-corrected chi connectivity index (χ1v) is 5.73. The zero-order valence-corrected chi connectivity index (χ0v) is 10.9. The molecule has 1 aromatic heterocycles. The van der Waals surface area contributed by atoms with E-state index in [4.69, 9.17) is 0 Å². The summed E-state index contributed by atoms with van der Waals surface area (Å²) in [6.45, 7) is 1.65. The predicted octanol–water partition coefficient (Wildman–Crippen LogP) is 1.60. The maximum Gasteiger partial charge on any atom is 0.322 e. The Balaban J connectivity index is 3.27. The van der Waals surface area contributed by atoms with Crippen LogP contribution >= 0.6 is 15.9 Å². The Morgan fingerprint density at radius 1 is 1.67 bits per heavy atom. The fourth-order valence-corrected chi connectivity index (χ4v) is 1.61. The highest BCUT2D eigenvalue weighted by Crippen LogP contribution is 2.26. The molecule has 1 heterocycles. The second kappa shape index (κ2) is 6.20. The van der Waals surface area contributed by atoms with Crippen molar-refractivity contribution in [1.29, 1.82) is 0 Å². The highest BCUT2D eigenvalue weighted by atomic mass is 79.9. The summed E-state index contributed by atoms with van der Waals surface area (Å²) in [5, 5.41) is 10.8. The summed E-state index contributed by atoms with van der Waals surface area (Å²) in [6.07, 6.45) is 0.278. The van der Waals surface area contributed by atoms with Crippen LogP contribution in [0.4, 0.5) is 5.69 Å². The number of aromatic nitrogens is 1. The third-order valence-corrected chi connectivity index (χ3v) is 2.48. The van der Waals surface area contributed by atoms with Crippen LogP contribution in [0, 0.1) is 10.1 Å². The molecule has 0 N–H and O–H groups in total. The standard InChI is InChI=1S/C10H9BrN2O5/c1-2-18-10(15)6(5-14)9-7(13(16)17)3-4-8(11)12-9/h3-6H,2H2,1H3. The van der Waals surface area contributed by atoms with Gasteiger partial charge in [0.2, 0.25) is 0 Å². The van der Waals surface area contributed by atoms with Crippen LogP contribution in [0.15, 0.2) is 16.7 Å². The normalized spacial score (nSPS) is 11.7. The van der Waals surface area contributed by atoms with Crippen molar-refractivity contribution in [3.05, 3.63) is 32.5 Å². The Hall–Kier alpha value is -1.83. The third-order valence-electron chi connectivity index (χ3n) is 2.04. The van der Waals surface area contributed by atoms with E-state index >= 15 is 0 Å². The molecule has 0 aliphatic rings. The van der Waals surface area contributed by atoms with Crippen LogP contribution in [0.2, 0.25) is 0 Å². The zero-order valence-electron chi connectivity index (χ0n) is 9.33. The molecule has 1 atom stereocenters. The van der Waals surface area contributed by atoms with Crippen LogP contribution in [-0.2, 0) is 14.3 Å². The number of nitrogens with zero attached hydrogens (tertiary/aromatic N) is 2. The van der Waals surface area contributed by atoms with E-state index in [0.717, 1.165) is 0 Å². The van der Waals surface area contributed by atoms with E-state index < -0.39 is 22.5 Å². The molecule has 0 bridgehead atoms. The summed E-state index contributed by atoms with van der Waals surface area (Å²) in [5.74, 6) is -2.26. The number of ether oxygens (including phenoxy) is 1. The summed E-state index contributed by atoms with van der Waals surface area (Å²) in [7, 11) is 0. The van der Waals surface area contributed by atoms with Crippen molar-refractivity contribution in [2.24, 2.45) is 0 Å². The average molecular weight is 317 g/mol. The van der Waals surface area contributed by atoms with Crippen LogP contribution in [0.1, 0.15) is 18.5 Å². The number of pyridine rings is 1. The van der Waals surface area contributed by atoms with Crippen LogP contribution in [0.5, 0.6) is 0 Å². The zero-order chi connectivity index (χ0) is 13.7. The SMILES string of the molecule is CCOC(=O)C(C=O)c1nc(Br)ccc1[N+](=O)[O-]. The number of rotatable bonds is 5. The van der Waals surface area contributed by atoms with E-state index in [1.165, 1.54) is 12.1 Å². The molecule has 1 unspecified atom stereocenters. The number of halogens is 1. The number of nitro groups is 1. The summed E-state index contributed by atoms with van der Waals surface area (Å²) < 4.78 is 4.97. The van der Waals surface area contributed by atoms with E-state index in [0.29, 0.717) is 4.60 Å². The molecule has 96 valence electrons. The number of aldehydes is 1. The molecule has 18 heavy (non-hydrogen) atoms. The lowest BCUT2D eigenvalue weighted by molar-refractivity contribution is -0.386. The van der Waals surface area contributed by atoms with Crippen LogP contribution in [-0.4, -0.2) is 28.8 Å². The largest absolute Gasteiger partial charge is 0.465 e. The van der Waals surface area contributed by atoms with Gasteiger partial charge in [-0.2, -0.15) is 0 Å². The Morgan fingerprint density at radius 2 is 2.33 bits per heavy atom. The lowest BCUT2D eigenvalue weighted by atomic mass is 10.1. The number of carbonyl (C=O) groups is 2. The molecule has 7 nitrogen and oxygen atoms in total. The van der Waals surface area contributed by atoms with E-state index in [-0.39, 0.29) is 18.6 Å². The van der Waals surface area contributed by atoms with Gasteiger partial charge in [-0.1, -0.05) is 0 Å². The minimum absolute atomic E-state index is 0.0744. The van der Waals surface area contributed by atoms with Gasteiger partial charge in [0, 0.05) is 6.07 Å². The van der Waals surface area contributed by atoms with Gasteiger partial charge in [0.25, 0.3) is 5.69 Å². The van der Waals surface area contributed by atoms with Crippen LogP contribution in [0.25, 0.3) is 0 Å². The molecule has 0 saturated carbocycles. The number of hydrogen-bond acceptors (Lipinski definition) is 6. The fraction of sp³-hybridized carbons (Fsp3) is 0.300. The summed E-state index contributed by atoms with van der Waals surface area (Å²) in [4.78, 5) is 36.4. The Labute approximate surface area is 110 Å². The summed E-state index contributed by atoms with van der Waals surface area (Å²) in [5.41, 5.74) is -0.633. The highest BCUT2D eigenvalue weighted by molar-refractivity contribution is 9.10. The summed E-state index contributed by atoms with van der Waals surface area (Å²) >= 11 is 3.03. The van der Waals surface area contributed by atoms with Gasteiger partial charge in [-0.05, 0) is 28.9 Å². The first-order valence-electron chi connectivity index (χ1n) is 4.94. The molecule has 0 amide bonds. The lowest BCUT2D eigenvalue weighted by Gasteiger charge is -2.09. The van der Waals surface area contributed by atoms with Gasteiger partial charge in [-0.25, -0.2) is 4.98 Å². The average Bonchev–Trinajstić information content (AvgIpc) is 2.30. The molecular formula is C10H9BrN2O5. The molecule has 0 saturated heterocycles. The molecule has 1 aromatic rings. The first-order chi connectivity index (χ1) is 8.51. The highest BCUT2D eigenvalue weighted by Gasteiger charge is 2.30. The molecule has 8 heteroatoms. The van der Waals surface area contributed by atoms with Crippen molar-refractivity contribution in [1.82, 2.24) is 4.98 Å². The van der Waals surface area contributed by atoms with Gasteiger partial charge >= 0.3 is 5.97 Å². The summed E-state index contributed by atoms with van der Waals surface area (Å²) in [6, 6.07) is 2.52. The first kappa shape index (κ1) is 14.2. The van der Waals surface area contributed by atoms with Crippen molar-refractivity contribution in [3.8, 4) is 0 Å². The van der Waals surface area contributed by atoms with E-state index in [2.05, 4.69) is 25.7 Å². The minimum Gasteiger partial charge on any atom is -0.465 e. The number of hydrogen-bond donors (Lipinski definition) is 0. The van der Waals surface area contributed by atoms with Crippen molar-refractivity contribution in [2.45, 2.75) is 12.8 Å². The molecular weight excluding hydrogens is 308 g/mol. The monoisotopic (exact) mass is 316 g/mol. The van der Waals surface area contributed by atoms with Gasteiger partial charge in [0.15, 0.2) is 5.92 Å². The predicted molar refractivity (Wildman–Crippen MR) is 64.0 cm³/mol. The molecule has 1 rings (SSSR count). The lowest BCUT2D eigenvalue weighted by Crippen LogP contribution is -2.19. The minimum atomic E-state index is -1.40. The van der Waals surface area contributed by atoms with Gasteiger partial charge in [-0.3, -0.25) is 14.9 Å². The van der Waals surface area contributed by atoms with E-state index in [1.807, 2.05) is 0 Å². The van der Waals surface area contributed by atoms with E-state index in [9.17, 15) is 19.7 Å². The van der Waals surface area contributed by atoms with Crippen molar-refractivity contribution >= 4 is 33.9 Å². The number of esters is 1. The molecule has 0 fully saturated rings. The molecule has 0 spiro atoms. The quantitative estimate of drug-likeness (QED) is 0.204. The van der Waals surface area contributed by atoms with Crippen LogP contribution < -0.4 is 0 Å². The molecule has 0 aliphatic carbocycles. The van der Waals surface area contributed by atoms with Crippen molar-refractivity contribution in [2.75, 3.05) is 6.61 Å². The topological polar surface area (TPSA) is 99.4 Å². The maximum atomic E-state index is 11.5. The maximum absolute atomic E-state index is 11.5. The second-order valence-electron chi connectivity index (χ2n) is 3.16. The van der Waals surface area contributed by atoms with Crippen LogP contribution in [0.3, 0.4) is 0 Å². The van der Waals surface area contributed by atoms with Gasteiger partial charge in [0.05, 0.1) is 11.5 Å². The van der Waals surface area contributed by atoms with Gasteiger partial charge < -0.3 is 9.53 Å². The fourth-order valence-electron chi connectivity index (χ4n) is 1.29. The third kappa shape index (κ3) is 3.10. The van der Waals surface area contributed by atoms with Gasteiger partial charge in [0.1, 0.15) is 16.6 Å². The Bertz CT molecular complexity index is 491. The van der Waals surface area contributed by atoms with Crippen molar-refractivity contribution in [3.63, 3.8) is 0 Å². The van der Waals surface area contributed by atoms with E-state index in [1.54, 1.807) is 6.92 Å². The van der Waals surface area contributed by atoms with Gasteiger partial charge in [-0.15, -0.1) is 0 Å². The molecule has 0 aliphatic heterocycles. The van der Waals surface area contributed by atoms with Crippen molar-refractivity contribution < 1.29 is 19.2 Å². The number of carbonyl (C=O) groups excluding carboxylic acids is 2. The second-order valence-corrected chi connectivity index (χ2v) is 3.97. The Kier molecular flexibility index (Phi) is 4.90. The molecule has 0 radical (unpaired) electrons.